The Morgan fingerprint density at radius 3 is 2.39 bits per heavy atom. The number of anilines is 1. The average Bonchev–Trinajstić information content (AvgIpc) is 2.24. The molecule has 0 radical (unpaired) electrons. The number of halogens is 3. The van der Waals surface area contributed by atoms with Crippen LogP contribution in [0.3, 0.4) is 0 Å². The summed E-state index contributed by atoms with van der Waals surface area (Å²) >= 11 is 0. The van der Waals surface area contributed by atoms with Gasteiger partial charge in [-0.05, 0) is 24.1 Å². The Morgan fingerprint density at radius 2 is 1.94 bits per heavy atom. The Balaban J connectivity index is 3.10. The van der Waals surface area contributed by atoms with Crippen LogP contribution in [-0.4, -0.2) is 17.6 Å². The Labute approximate surface area is 103 Å². The minimum absolute atomic E-state index is 0.163. The smallest absolute Gasteiger partial charge is 0.416 e. The monoisotopic (exact) mass is 261 g/mol. The molecule has 0 saturated carbocycles. The standard InChI is InChI=1S/C12H14F3NO2/c1-7(2)6-16-10-4-8(11(17)18)3-9(5-10)12(13,14)15/h3-5,7,16H,6H2,1-2H3,(H,17,18). The third-order valence-electron chi connectivity index (χ3n) is 2.22. The van der Waals surface area contributed by atoms with E-state index in [0.29, 0.717) is 12.6 Å². The first-order valence-corrected chi connectivity index (χ1v) is 5.39. The van der Waals surface area contributed by atoms with Gasteiger partial charge in [0.05, 0.1) is 11.1 Å². The summed E-state index contributed by atoms with van der Waals surface area (Å²) in [4.78, 5) is 10.8. The first-order valence-electron chi connectivity index (χ1n) is 5.39. The molecule has 0 unspecified atom stereocenters. The highest BCUT2D eigenvalue weighted by atomic mass is 19.4. The molecule has 0 heterocycles. The van der Waals surface area contributed by atoms with Crippen molar-refractivity contribution in [1.82, 2.24) is 0 Å². The van der Waals surface area contributed by atoms with Crippen molar-refractivity contribution in [3.05, 3.63) is 29.3 Å². The molecule has 0 bridgehead atoms. The van der Waals surface area contributed by atoms with Gasteiger partial charge in [-0.2, -0.15) is 13.2 Å². The van der Waals surface area contributed by atoms with E-state index < -0.39 is 17.7 Å². The molecule has 0 spiro atoms. The van der Waals surface area contributed by atoms with Gasteiger partial charge in [-0.3, -0.25) is 0 Å². The number of nitrogens with one attached hydrogen (secondary N) is 1. The number of carboxylic acids is 1. The number of hydrogen-bond acceptors (Lipinski definition) is 2. The second kappa shape index (κ2) is 5.29. The Bertz CT molecular complexity index is 441. The molecule has 100 valence electrons. The normalized spacial score (nSPS) is 11.7. The third-order valence-corrected chi connectivity index (χ3v) is 2.22. The summed E-state index contributed by atoms with van der Waals surface area (Å²) in [5.41, 5.74) is -1.18. The fourth-order valence-corrected chi connectivity index (χ4v) is 1.34. The molecule has 0 saturated heterocycles. The van der Waals surface area contributed by atoms with Crippen LogP contribution in [0.4, 0.5) is 18.9 Å². The van der Waals surface area contributed by atoms with Crippen LogP contribution < -0.4 is 5.32 Å². The lowest BCUT2D eigenvalue weighted by atomic mass is 10.1. The van der Waals surface area contributed by atoms with E-state index in [-0.39, 0.29) is 17.2 Å². The van der Waals surface area contributed by atoms with Crippen LogP contribution in [0.25, 0.3) is 0 Å². The maximum atomic E-state index is 12.6. The second-order valence-corrected chi connectivity index (χ2v) is 4.38. The predicted octanol–water partition coefficient (Wildman–Crippen LogP) is 3.47. The molecule has 1 rings (SSSR count). The molecule has 0 atom stereocenters. The Hall–Kier alpha value is -1.72. The van der Waals surface area contributed by atoms with Crippen molar-refractivity contribution in [3.63, 3.8) is 0 Å². The maximum absolute atomic E-state index is 12.6. The van der Waals surface area contributed by atoms with Gasteiger partial charge in [0.1, 0.15) is 0 Å². The van der Waals surface area contributed by atoms with E-state index in [4.69, 9.17) is 5.11 Å². The van der Waals surface area contributed by atoms with Crippen molar-refractivity contribution in [1.29, 1.82) is 0 Å². The van der Waals surface area contributed by atoms with E-state index >= 15 is 0 Å². The van der Waals surface area contributed by atoms with Crippen molar-refractivity contribution in [2.75, 3.05) is 11.9 Å². The van der Waals surface area contributed by atoms with Crippen LogP contribution in [0.5, 0.6) is 0 Å². The molecule has 2 N–H and O–H groups in total. The van der Waals surface area contributed by atoms with E-state index in [0.717, 1.165) is 6.07 Å². The molecule has 6 heteroatoms. The molecule has 1 aromatic rings. The van der Waals surface area contributed by atoms with Crippen LogP contribution in [0.2, 0.25) is 0 Å². The lowest BCUT2D eigenvalue weighted by Crippen LogP contribution is -2.12. The van der Waals surface area contributed by atoms with Gasteiger partial charge in [-0.1, -0.05) is 13.8 Å². The maximum Gasteiger partial charge on any atom is 0.416 e. The predicted molar refractivity (Wildman–Crippen MR) is 61.7 cm³/mol. The van der Waals surface area contributed by atoms with Crippen molar-refractivity contribution < 1.29 is 23.1 Å². The number of hydrogen-bond donors (Lipinski definition) is 2. The molecule has 0 aliphatic heterocycles. The third kappa shape index (κ3) is 3.94. The van der Waals surface area contributed by atoms with Crippen LogP contribution in [0, 0.1) is 5.92 Å². The van der Waals surface area contributed by atoms with Gasteiger partial charge in [-0.25, -0.2) is 4.79 Å². The van der Waals surface area contributed by atoms with E-state index in [9.17, 15) is 18.0 Å². The molecule has 1 aromatic carbocycles. The van der Waals surface area contributed by atoms with Gasteiger partial charge >= 0.3 is 12.1 Å². The van der Waals surface area contributed by atoms with Crippen LogP contribution in [0.15, 0.2) is 18.2 Å². The highest BCUT2D eigenvalue weighted by Gasteiger charge is 2.31. The topological polar surface area (TPSA) is 49.3 Å². The summed E-state index contributed by atoms with van der Waals surface area (Å²) in [6.07, 6.45) is -4.56. The number of carboxylic acid groups (broad SMARTS) is 1. The number of carbonyl (C=O) groups is 1. The summed E-state index contributed by atoms with van der Waals surface area (Å²) in [7, 11) is 0. The van der Waals surface area contributed by atoms with E-state index in [1.165, 1.54) is 6.07 Å². The van der Waals surface area contributed by atoms with Gasteiger partial charge in [0, 0.05) is 12.2 Å². The van der Waals surface area contributed by atoms with E-state index in [2.05, 4.69) is 5.32 Å². The van der Waals surface area contributed by atoms with Crippen molar-refractivity contribution >= 4 is 11.7 Å². The van der Waals surface area contributed by atoms with Gasteiger partial charge in [0.2, 0.25) is 0 Å². The molecule has 3 nitrogen and oxygen atoms in total. The Kier molecular flexibility index (Phi) is 4.21. The zero-order valence-electron chi connectivity index (χ0n) is 10.0. The fourth-order valence-electron chi connectivity index (χ4n) is 1.34. The van der Waals surface area contributed by atoms with Gasteiger partial charge in [-0.15, -0.1) is 0 Å². The average molecular weight is 261 g/mol. The van der Waals surface area contributed by atoms with Crippen LogP contribution in [-0.2, 0) is 6.18 Å². The second-order valence-electron chi connectivity index (χ2n) is 4.38. The minimum atomic E-state index is -4.56. The molecular weight excluding hydrogens is 247 g/mol. The number of aromatic carboxylic acids is 1. The molecule has 18 heavy (non-hydrogen) atoms. The Morgan fingerprint density at radius 1 is 1.33 bits per heavy atom. The van der Waals surface area contributed by atoms with E-state index in [1.54, 1.807) is 0 Å². The highest BCUT2D eigenvalue weighted by molar-refractivity contribution is 5.89. The number of benzene rings is 1. The summed E-state index contributed by atoms with van der Waals surface area (Å²) in [6.45, 7) is 4.28. The van der Waals surface area contributed by atoms with Gasteiger partial charge in [0.15, 0.2) is 0 Å². The first-order chi connectivity index (χ1) is 8.20. The SMILES string of the molecule is CC(C)CNc1cc(C(=O)O)cc(C(F)(F)F)c1. The first kappa shape index (κ1) is 14.3. The van der Waals surface area contributed by atoms with Crippen molar-refractivity contribution in [3.8, 4) is 0 Å². The number of alkyl halides is 3. The summed E-state index contributed by atoms with van der Waals surface area (Å²) in [6, 6.07) is 2.73. The lowest BCUT2D eigenvalue weighted by molar-refractivity contribution is -0.137. The van der Waals surface area contributed by atoms with Crippen LogP contribution >= 0.6 is 0 Å². The zero-order chi connectivity index (χ0) is 13.9. The van der Waals surface area contributed by atoms with E-state index in [1.807, 2.05) is 13.8 Å². The van der Waals surface area contributed by atoms with Gasteiger partial charge < -0.3 is 10.4 Å². The summed E-state index contributed by atoms with van der Waals surface area (Å²) in [5.74, 6) is -1.14. The quantitative estimate of drug-likeness (QED) is 0.872. The molecule has 0 aliphatic carbocycles. The molecule has 0 amide bonds. The van der Waals surface area contributed by atoms with Crippen LogP contribution in [0.1, 0.15) is 29.8 Å². The van der Waals surface area contributed by atoms with Gasteiger partial charge in [0.25, 0.3) is 0 Å². The molecule has 0 aliphatic rings. The fraction of sp³-hybridized carbons (Fsp3) is 0.417. The molecular formula is C12H14F3NO2. The molecule has 0 fully saturated rings. The van der Waals surface area contributed by atoms with Crippen molar-refractivity contribution in [2.45, 2.75) is 20.0 Å². The largest absolute Gasteiger partial charge is 0.478 e. The molecule has 0 aromatic heterocycles. The minimum Gasteiger partial charge on any atom is -0.478 e. The summed E-state index contributed by atoms with van der Waals surface area (Å²) < 4.78 is 37.8. The highest BCUT2D eigenvalue weighted by Crippen LogP contribution is 2.32. The lowest BCUT2D eigenvalue weighted by Gasteiger charge is -2.13. The zero-order valence-corrected chi connectivity index (χ0v) is 10.0. The van der Waals surface area contributed by atoms with Crippen molar-refractivity contribution in [2.24, 2.45) is 5.92 Å². The number of rotatable bonds is 4. The summed E-state index contributed by atoms with van der Waals surface area (Å²) in [5, 5.41) is 11.6.